The number of phenolic OH excluding ortho intramolecular Hbond substituents is 1. The largest absolute Gasteiger partial charge is 0.504 e. The van der Waals surface area contributed by atoms with Gasteiger partial charge >= 0.3 is 0 Å². The lowest BCUT2D eigenvalue weighted by molar-refractivity contribution is 0.373. The van der Waals surface area contributed by atoms with Gasteiger partial charge in [-0.05, 0) is 24.3 Å². The van der Waals surface area contributed by atoms with E-state index in [0.29, 0.717) is 17.7 Å². The molecular formula is C17H16N2O2S. The maximum atomic E-state index is 10.1. The van der Waals surface area contributed by atoms with Crippen LogP contribution in [0.25, 0.3) is 0 Å². The van der Waals surface area contributed by atoms with Gasteiger partial charge in [-0.3, -0.25) is 4.99 Å². The van der Waals surface area contributed by atoms with Crippen molar-refractivity contribution in [2.75, 3.05) is 12.9 Å². The van der Waals surface area contributed by atoms with E-state index in [1.807, 2.05) is 24.3 Å². The average Bonchev–Trinajstić information content (AvgIpc) is 2.55. The number of methoxy groups -OCH3 is 1. The number of thioether (sulfide) groups is 1. The number of ether oxygens (including phenoxy) is 1. The summed E-state index contributed by atoms with van der Waals surface area (Å²) < 4.78 is 5.08. The minimum atomic E-state index is 0.0726. The van der Waals surface area contributed by atoms with E-state index >= 15 is 0 Å². The van der Waals surface area contributed by atoms with E-state index in [-0.39, 0.29) is 5.75 Å². The molecule has 2 aromatic carbocycles. The van der Waals surface area contributed by atoms with Gasteiger partial charge in [0.05, 0.1) is 18.9 Å². The lowest BCUT2D eigenvalue weighted by Crippen LogP contribution is -1.88. The second-order valence-corrected chi connectivity index (χ2v) is 5.52. The fraction of sp³-hybridized carbons (Fsp3) is 0.176. The standard InChI is InChI=1S/C17H16N2O2S/c1-21-15-8-4-6-13(17(15)20)12-19-14-7-2-3-9-16(14)22-11-5-10-18/h2-4,6-9,12,20H,5,11H2,1H3. The van der Waals surface area contributed by atoms with Gasteiger partial charge in [0.1, 0.15) is 0 Å². The van der Waals surface area contributed by atoms with Gasteiger partial charge in [-0.1, -0.05) is 18.2 Å². The molecule has 0 aliphatic heterocycles. The zero-order valence-electron chi connectivity index (χ0n) is 12.2. The molecule has 0 amide bonds. The third-order valence-corrected chi connectivity index (χ3v) is 3.99. The van der Waals surface area contributed by atoms with Crippen molar-refractivity contribution in [1.29, 1.82) is 5.26 Å². The molecule has 0 heterocycles. The molecule has 0 saturated carbocycles. The first kappa shape index (κ1) is 15.9. The molecule has 0 saturated heterocycles. The minimum Gasteiger partial charge on any atom is -0.504 e. The van der Waals surface area contributed by atoms with Crippen molar-refractivity contribution in [2.45, 2.75) is 11.3 Å². The smallest absolute Gasteiger partial charge is 0.166 e. The Morgan fingerprint density at radius 2 is 2.09 bits per heavy atom. The Kier molecular flexibility index (Phi) is 5.87. The van der Waals surface area contributed by atoms with Crippen molar-refractivity contribution in [3.63, 3.8) is 0 Å². The highest BCUT2D eigenvalue weighted by atomic mass is 32.2. The van der Waals surface area contributed by atoms with Gasteiger partial charge in [0.25, 0.3) is 0 Å². The number of phenols is 1. The van der Waals surface area contributed by atoms with Crippen molar-refractivity contribution < 1.29 is 9.84 Å². The Labute approximate surface area is 134 Å². The summed E-state index contributed by atoms with van der Waals surface area (Å²) >= 11 is 1.60. The van der Waals surface area contributed by atoms with Crippen LogP contribution in [-0.4, -0.2) is 24.2 Å². The van der Waals surface area contributed by atoms with Crippen LogP contribution in [0.15, 0.2) is 52.4 Å². The molecule has 0 radical (unpaired) electrons. The molecule has 0 aliphatic rings. The Morgan fingerprint density at radius 3 is 2.86 bits per heavy atom. The molecule has 2 rings (SSSR count). The first-order valence-corrected chi connectivity index (χ1v) is 7.73. The Morgan fingerprint density at radius 1 is 1.27 bits per heavy atom. The van der Waals surface area contributed by atoms with E-state index in [2.05, 4.69) is 11.1 Å². The number of hydrogen-bond acceptors (Lipinski definition) is 5. The second-order valence-electron chi connectivity index (χ2n) is 4.38. The van der Waals surface area contributed by atoms with Crippen LogP contribution in [-0.2, 0) is 0 Å². The van der Waals surface area contributed by atoms with E-state index in [0.717, 1.165) is 16.3 Å². The third kappa shape index (κ3) is 4.03. The van der Waals surface area contributed by atoms with Gasteiger partial charge in [-0.25, -0.2) is 0 Å². The SMILES string of the molecule is COc1cccc(C=Nc2ccccc2SCCC#N)c1O. The van der Waals surface area contributed by atoms with Crippen LogP contribution in [0, 0.1) is 11.3 Å². The predicted molar refractivity (Wildman–Crippen MR) is 89.3 cm³/mol. The molecule has 0 fully saturated rings. The first-order valence-electron chi connectivity index (χ1n) is 6.75. The van der Waals surface area contributed by atoms with Gasteiger partial charge in [0.15, 0.2) is 11.5 Å². The number of aliphatic imine (C=N–C) groups is 1. The molecule has 5 heteroatoms. The van der Waals surface area contributed by atoms with Crippen molar-refractivity contribution in [1.82, 2.24) is 0 Å². The van der Waals surface area contributed by atoms with Gasteiger partial charge in [-0.2, -0.15) is 5.26 Å². The molecule has 2 aromatic rings. The van der Waals surface area contributed by atoms with E-state index in [1.165, 1.54) is 7.11 Å². The molecule has 1 N–H and O–H groups in total. The fourth-order valence-electron chi connectivity index (χ4n) is 1.84. The van der Waals surface area contributed by atoms with Crippen LogP contribution >= 0.6 is 11.8 Å². The molecule has 22 heavy (non-hydrogen) atoms. The predicted octanol–water partition coefficient (Wildman–Crippen LogP) is 4.16. The summed E-state index contributed by atoms with van der Waals surface area (Å²) in [6, 6.07) is 15.1. The highest BCUT2D eigenvalue weighted by Crippen LogP contribution is 2.31. The lowest BCUT2D eigenvalue weighted by Gasteiger charge is -2.06. The van der Waals surface area contributed by atoms with Crippen molar-refractivity contribution >= 4 is 23.7 Å². The van der Waals surface area contributed by atoms with Gasteiger partial charge in [0.2, 0.25) is 0 Å². The van der Waals surface area contributed by atoms with Crippen LogP contribution in [0.3, 0.4) is 0 Å². The van der Waals surface area contributed by atoms with E-state index in [9.17, 15) is 5.11 Å². The summed E-state index contributed by atoms with van der Waals surface area (Å²) in [7, 11) is 1.51. The number of para-hydroxylation sites is 2. The van der Waals surface area contributed by atoms with Crippen LogP contribution in [0.1, 0.15) is 12.0 Å². The van der Waals surface area contributed by atoms with Crippen molar-refractivity contribution in [2.24, 2.45) is 4.99 Å². The quantitative estimate of drug-likeness (QED) is 0.494. The van der Waals surface area contributed by atoms with Gasteiger partial charge in [0, 0.05) is 28.8 Å². The number of rotatable bonds is 6. The number of benzene rings is 2. The first-order chi connectivity index (χ1) is 10.8. The summed E-state index contributed by atoms with van der Waals surface area (Å²) in [5.74, 6) is 1.22. The molecule has 0 aliphatic carbocycles. The molecule has 0 unspecified atom stereocenters. The molecule has 4 nitrogen and oxygen atoms in total. The number of hydrogen-bond donors (Lipinski definition) is 1. The zero-order chi connectivity index (χ0) is 15.8. The molecule has 0 bridgehead atoms. The van der Waals surface area contributed by atoms with E-state index in [1.54, 1.807) is 36.2 Å². The Hall–Kier alpha value is -2.45. The maximum Gasteiger partial charge on any atom is 0.166 e. The molecule has 112 valence electrons. The monoisotopic (exact) mass is 312 g/mol. The Balaban J connectivity index is 2.22. The van der Waals surface area contributed by atoms with Crippen molar-refractivity contribution in [3.05, 3.63) is 48.0 Å². The second kappa shape index (κ2) is 8.11. The minimum absolute atomic E-state index is 0.0726. The summed E-state index contributed by atoms with van der Waals surface area (Å²) in [5, 5.41) is 18.7. The number of nitrogens with zero attached hydrogens (tertiary/aromatic N) is 2. The molecule has 0 spiro atoms. The molecular weight excluding hydrogens is 296 g/mol. The van der Waals surface area contributed by atoms with Crippen LogP contribution in [0.4, 0.5) is 5.69 Å². The normalized spacial score (nSPS) is 10.5. The fourth-order valence-corrected chi connectivity index (χ4v) is 2.70. The van der Waals surface area contributed by atoms with Crippen LogP contribution in [0.5, 0.6) is 11.5 Å². The highest BCUT2D eigenvalue weighted by Gasteiger charge is 2.05. The van der Waals surface area contributed by atoms with E-state index in [4.69, 9.17) is 10.00 Å². The number of nitriles is 1. The van der Waals surface area contributed by atoms with Gasteiger partial charge < -0.3 is 9.84 Å². The average molecular weight is 312 g/mol. The molecule has 0 aromatic heterocycles. The lowest BCUT2D eigenvalue weighted by atomic mass is 10.2. The summed E-state index contributed by atoms with van der Waals surface area (Å²) in [5.41, 5.74) is 1.41. The van der Waals surface area contributed by atoms with E-state index < -0.39 is 0 Å². The van der Waals surface area contributed by atoms with Gasteiger partial charge in [-0.15, -0.1) is 11.8 Å². The third-order valence-electron chi connectivity index (χ3n) is 2.93. The summed E-state index contributed by atoms with van der Waals surface area (Å²) in [6.45, 7) is 0. The van der Waals surface area contributed by atoms with Crippen molar-refractivity contribution in [3.8, 4) is 17.6 Å². The number of aromatic hydroxyl groups is 1. The summed E-state index contributed by atoms with van der Waals surface area (Å²) in [6.07, 6.45) is 2.11. The summed E-state index contributed by atoms with van der Waals surface area (Å²) in [4.78, 5) is 5.46. The Bertz CT molecular complexity index is 708. The molecule has 0 atom stereocenters. The van der Waals surface area contributed by atoms with Crippen LogP contribution in [0.2, 0.25) is 0 Å². The maximum absolute atomic E-state index is 10.1. The topological polar surface area (TPSA) is 65.6 Å². The zero-order valence-corrected chi connectivity index (χ0v) is 13.0. The van der Waals surface area contributed by atoms with Crippen LogP contribution < -0.4 is 4.74 Å². The highest BCUT2D eigenvalue weighted by molar-refractivity contribution is 7.99.